The average Bonchev–Trinajstić information content (AvgIpc) is 2.04. The Morgan fingerprint density at radius 2 is 1.25 bits per heavy atom. The fourth-order valence-corrected chi connectivity index (χ4v) is 1.37. The van der Waals surface area contributed by atoms with Crippen LogP contribution < -0.4 is 0 Å². The molecular weight excluding hydrogens is 191 g/mol. The molecule has 0 radical (unpaired) electrons. The van der Waals surface area contributed by atoms with Gasteiger partial charge in [-0.1, -0.05) is 37.0 Å². The monoisotopic (exact) mass is 204 g/mol. The molecule has 0 fully saturated rings. The highest BCUT2D eigenvalue weighted by atomic mass is 35.5. The van der Waals surface area contributed by atoms with Gasteiger partial charge in [0.2, 0.25) is 0 Å². The first kappa shape index (κ1) is 11.8. The van der Waals surface area contributed by atoms with E-state index in [4.69, 9.17) is 23.2 Å². The molecule has 0 spiro atoms. The number of benzene rings is 1. The molecule has 1 aromatic carbocycles. The molecule has 68 valence electrons. The van der Waals surface area contributed by atoms with E-state index in [2.05, 4.69) is 0 Å². The molecular formula is C10H14Cl2. The Morgan fingerprint density at radius 1 is 0.917 bits per heavy atom. The van der Waals surface area contributed by atoms with Gasteiger partial charge in [-0.15, -0.1) is 0 Å². The van der Waals surface area contributed by atoms with Crippen molar-refractivity contribution < 1.29 is 0 Å². The number of rotatable bonds is 0. The van der Waals surface area contributed by atoms with Gasteiger partial charge in [-0.05, 0) is 37.1 Å². The average molecular weight is 205 g/mol. The van der Waals surface area contributed by atoms with E-state index in [1.165, 1.54) is 0 Å². The summed E-state index contributed by atoms with van der Waals surface area (Å²) >= 11 is 11.7. The highest BCUT2D eigenvalue weighted by Crippen LogP contribution is 2.24. The lowest BCUT2D eigenvalue weighted by Crippen LogP contribution is -1.79. The molecule has 0 aliphatic carbocycles. The molecule has 0 aliphatic rings. The van der Waals surface area contributed by atoms with Gasteiger partial charge >= 0.3 is 0 Å². The van der Waals surface area contributed by atoms with Crippen LogP contribution in [0.4, 0.5) is 0 Å². The Labute approximate surface area is 84.5 Å². The van der Waals surface area contributed by atoms with Crippen LogP contribution >= 0.6 is 23.2 Å². The molecule has 0 saturated heterocycles. The van der Waals surface area contributed by atoms with Crippen LogP contribution in [0.2, 0.25) is 10.0 Å². The number of aryl methyl sites for hydroxylation is 1. The topological polar surface area (TPSA) is 0 Å². The summed E-state index contributed by atoms with van der Waals surface area (Å²) in [4.78, 5) is 0. The lowest BCUT2D eigenvalue weighted by Gasteiger charge is -2.01. The molecule has 0 bridgehead atoms. The minimum Gasteiger partial charge on any atom is -0.0840 e. The van der Waals surface area contributed by atoms with Gasteiger partial charge in [-0.2, -0.15) is 0 Å². The molecule has 12 heavy (non-hydrogen) atoms. The van der Waals surface area contributed by atoms with Gasteiger partial charge in [0.15, 0.2) is 0 Å². The van der Waals surface area contributed by atoms with Crippen LogP contribution in [0.3, 0.4) is 0 Å². The van der Waals surface area contributed by atoms with Crippen LogP contribution in [-0.2, 0) is 0 Å². The molecule has 1 aromatic rings. The van der Waals surface area contributed by atoms with Crippen molar-refractivity contribution in [3.63, 3.8) is 0 Å². The zero-order valence-electron chi connectivity index (χ0n) is 7.91. The Morgan fingerprint density at radius 3 is 1.58 bits per heavy atom. The molecule has 1 rings (SSSR count). The SMILES string of the molecule is CC.Cc1cc(Cl)c(C)c(Cl)c1. The second kappa shape index (κ2) is 5.45. The van der Waals surface area contributed by atoms with E-state index in [9.17, 15) is 0 Å². The Kier molecular flexibility index (Phi) is 5.36. The largest absolute Gasteiger partial charge is 0.0840 e. The Bertz CT molecular complexity index is 231. The maximum atomic E-state index is 5.83. The second-order valence-corrected chi connectivity index (χ2v) is 3.17. The predicted molar refractivity (Wildman–Crippen MR) is 57.3 cm³/mol. The first-order chi connectivity index (χ1) is 5.61. The van der Waals surface area contributed by atoms with Crippen molar-refractivity contribution in [2.24, 2.45) is 0 Å². The highest BCUT2D eigenvalue weighted by molar-refractivity contribution is 6.36. The van der Waals surface area contributed by atoms with Crippen LogP contribution in [0.5, 0.6) is 0 Å². The summed E-state index contributed by atoms with van der Waals surface area (Å²) in [6.07, 6.45) is 0. The Hall–Kier alpha value is -0.200. The van der Waals surface area contributed by atoms with E-state index in [1.54, 1.807) is 0 Å². The van der Waals surface area contributed by atoms with Crippen LogP contribution in [-0.4, -0.2) is 0 Å². The van der Waals surface area contributed by atoms with Gasteiger partial charge in [-0.25, -0.2) is 0 Å². The quantitative estimate of drug-likeness (QED) is 0.578. The molecule has 0 N–H and O–H groups in total. The summed E-state index contributed by atoms with van der Waals surface area (Å²) in [7, 11) is 0. The van der Waals surface area contributed by atoms with Crippen LogP contribution in [0.25, 0.3) is 0 Å². The van der Waals surface area contributed by atoms with Crippen molar-refractivity contribution in [3.8, 4) is 0 Å². The maximum absolute atomic E-state index is 5.83. The summed E-state index contributed by atoms with van der Waals surface area (Å²) in [6.45, 7) is 7.88. The van der Waals surface area contributed by atoms with Gasteiger partial charge in [0.1, 0.15) is 0 Å². The first-order valence-corrected chi connectivity index (χ1v) is 4.79. The third kappa shape index (κ3) is 3.04. The van der Waals surface area contributed by atoms with Crippen molar-refractivity contribution in [2.45, 2.75) is 27.7 Å². The van der Waals surface area contributed by atoms with E-state index < -0.39 is 0 Å². The van der Waals surface area contributed by atoms with Crippen LogP contribution in [0.15, 0.2) is 12.1 Å². The van der Waals surface area contributed by atoms with E-state index in [0.717, 1.165) is 21.2 Å². The van der Waals surface area contributed by atoms with E-state index in [-0.39, 0.29) is 0 Å². The molecule has 0 saturated carbocycles. The summed E-state index contributed by atoms with van der Waals surface area (Å²) in [5.74, 6) is 0. The van der Waals surface area contributed by atoms with Gasteiger partial charge < -0.3 is 0 Å². The first-order valence-electron chi connectivity index (χ1n) is 4.03. The smallest absolute Gasteiger partial charge is 0.0452 e. The summed E-state index contributed by atoms with van der Waals surface area (Å²) < 4.78 is 0. The second-order valence-electron chi connectivity index (χ2n) is 2.35. The molecule has 0 atom stereocenters. The van der Waals surface area contributed by atoms with Crippen molar-refractivity contribution in [1.29, 1.82) is 0 Å². The van der Waals surface area contributed by atoms with E-state index in [1.807, 2.05) is 39.8 Å². The predicted octanol–water partition coefficient (Wildman–Crippen LogP) is 4.64. The van der Waals surface area contributed by atoms with Crippen molar-refractivity contribution >= 4 is 23.2 Å². The fraction of sp³-hybridized carbons (Fsp3) is 0.400. The van der Waals surface area contributed by atoms with Gasteiger partial charge in [-0.3, -0.25) is 0 Å². The summed E-state index contributed by atoms with van der Waals surface area (Å²) in [6, 6.07) is 3.81. The minimum absolute atomic E-state index is 0.741. The van der Waals surface area contributed by atoms with E-state index in [0.29, 0.717) is 0 Å². The third-order valence-electron chi connectivity index (χ3n) is 1.43. The fourth-order valence-electron chi connectivity index (χ4n) is 0.772. The zero-order valence-corrected chi connectivity index (χ0v) is 9.42. The zero-order chi connectivity index (χ0) is 9.72. The normalized spacial score (nSPS) is 8.83. The minimum atomic E-state index is 0.741. The van der Waals surface area contributed by atoms with Gasteiger partial charge in [0.05, 0.1) is 0 Å². The van der Waals surface area contributed by atoms with Crippen LogP contribution in [0.1, 0.15) is 25.0 Å². The lowest BCUT2D eigenvalue weighted by atomic mass is 10.2. The molecule has 0 heterocycles. The molecule has 0 unspecified atom stereocenters. The standard InChI is InChI=1S/C8H8Cl2.C2H6/c1-5-3-7(9)6(2)8(10)4-5;1-2/h3-4H,1-2H3;1-2H3. The third-order valence-corrected chi connectivity index (χ3v) is 2.21. The van der Waals surface area contributed by atoms with Crippen molar-refractivity contribution in [2.75, 3.05) is 0 Å². The highest BCUT2D eigenvalue weighted by Gasteiger charge is 1.99. The lowest BCUT2D eigenvalue weighted by molar-refractivity contribution is 1.40. The molecule has 2 heteroatoms. The number of hydrogen-bond donors (Lipinski definition) is 0. The number of hydrogen-bond acceptors (Lipinski definition) is 0. The molecule has 0 aliphatic heterocycles. The van der Waals surface area contributed by atoms with Gasteiger partial charge in [0, 0.05) is 10.0 Å². The summed E-state index contributed by atoms with van der Waals surface area (Å²) in [5.41, 5.74) is 2.05. The van der Waals surface area contributed by atoms with Gasteiger partial charge in [0.25, 0.3) is 0 Å². The Balaban J connectivity index is 0.000000561. The van der Waals surface area contributed by atoms with Crippen LogP contribution in [0, 0.1) is 13.8 Å². The number of halogens is 2. The maximum Gasteiger partial charge on any atom is 0.0452 e. The van der Waals surface area contributed by atoms with Crippen molar-refractivity contribution in [1.82, 2.24) is 0 Å². The molecule has 0 amide bonds. The van der Waals surface area contributed by atoms with Crippen molar-refractivity contribution in [3.05, 3.63) is 33.3 Å². The van der Waals surface area contributed by atoms with E-state index >= 15 is 0 Å². The molecule has 0 aromatic heterocycles. The summed E-state index contributed by atoms with van der Waals surface area (Å²) in [5, 5.41) is 1.48. The molecule has 0 nitrogen and oxygen atoms in total.